The van der Waals surface area contributed by atoms with Crippen molar-refractivity contribution in [2.24, 2.45) is 0 Å². The summed E-state index contributed by atoms with van der Waals surface area (Å²) in [6.07, 6.45) is 0.706. The lowest BCUT2D eigenvalue weighted by atomic mass is 10.0. The van der Waals surface area contributed by atoms with Crippen LogP contribution in [0.1, 0.15) is 25.1 Å². The summed E-state index contributed by atoms with van der Waals surface area (Å²) in [6, 6.07) is 7.34. The number of anilines is 2. The molecule has 3 N–H and O–H groups in total. The van der Waals surface area contributed by atoms with Crippen LogP contribution in [0.15, 0.2) is 24.3 Å². The average Bonchev–Trinajstić information content (AvgIpc) is 2.79. The fraction of sp³-hybridized carbons (Fsp3) is 0.478. The van der Waals surface area contributed by atoms with E-state index < -0.39 is 5.97 Å². The number of carboxylic acids is 1. The van der Waals surface area contributed by atoms with Crippen molar-refractivity contribution >= 4 is 23.5 Å². The van der Waals surface area contributed by atoms with Gasteiger partial charge in [-0.05, 0) is 44.5 Å². The largest absolute Gasteiger partial charge is 0.480 e. The molecule has 0 spiro atoms. The lowest BCUT2D eigenvalue weighted by Gasteiger charge is -2.37. The van der Waals surface area contributed by atoms with Crippen LogP contribution in [0.4, 0.5) is 16.3 Å². The van der Waals surface area contributed by atoms with Crippen molar-refractivity contribution in [2.45, 2.75) is 32.9 Å². The van der Waals surface area contributed by atoms with Crippen LogP contribution in [0.25, 0.3) is 11.4 Å². The molecule has 0 radical (unpaired) electrons. The van der Waals surface area contributed by atoms with Gasteiger partial charge in [0.1, 0.15) is 5.82 Å². The number of carbonyl (C=O) groups is 2. The summed E-state index contributed by atoms with van der Waals surface area (Å²) in [5, 5.41) is 14.7. The SMILES string of the molecule is CCNC(=O)Nc1ccc(-c2nc3c(c(N4CCOCC4C)n2)CCN(CC(=O)O)C3)cc1. The summed E-state index contributed by atoms with van der Waals surface area (Å²) in [6.45, 7) is 7.68. The van der Waals surface area contributed by atoms with E-state index in [1.807, 2.05) is 36.1 Å². The second-order valence-electron chi connectivity index (χ2n) is 8.33. The molecule has 33 heavy (non-hydrogen) atoms. The maximum atomic E-state index is 11.8. The Hall–Kier alpha value is -3.24. The van der Waals surface area contributed by atoms with E-state index in [9.17, 15) is 14.7 Å². The number of hydrogen-bond acceptors (Lipinski definition) is 7. The molecule has 2 amide bonds. The molecule has 1 aromatic heterocycles. The van der Waals surface area contributed by atoms with Crippen molar-refractivity contribution in [3.8, 4) is 11.4 Å². The van der Waals surface area contributed by atoms with E-state index in [4.69, 9.17) is 14.7 Å². The Bertz CT molecular complexity index is 1010. The number of urea groups is 1. The molecule has 2 aromatic rings. The van der Waals surface area contributed by atoms with Crippen LogP contribution in [-0.2, 0) is 22.5 Å². The van der Waals surface area contributed by atoms with Crippen LogP contribution < -0.4 is 15.5 Å². The quantitative estimate of drug-likeness (QED) is 0.606. The van der Waals surface area contributed by atoms with Gasteiger partial charge >= 0.3 is 12.0 Å². The summed E-state index contributed by atoms with van der Waals surface area (Å²) in [5.41, 5.74) is 3.46. The molecule has 1 atom stereocenters. The lowest BCUT2D eigenvalue weighted by Crippen LogP contribution is -2.45. The molecular weight excluding hydrogens is 424 g/mol. The molecular formula is C23H30N6O4. The minimum Gasteiger partial charge on any atom is -0.480 e. The van der Waals surface area contributed by atoms with Gasteiger partial charge in [0.25, 0.3) is 0 Å². The molecule has 0 saturated carbocycles. The van der Waals surface area contributed by atoms with Gasteiger partial charge in [-0.15, -0.1) is 0 Å². The minimum atomic E-state index is -0.843. The molecule has 4 rings (SSSR count). The zero-order valence-electron chi connectivity index (χ0n) is 19.0. The standard InChI is InChI=1S/C23H30N6O4/c1-3-24-23(32)25-17-6-4-16(5-7-17)21-26-19-12-28(13-20(30)31)9-8-18(19)22(27-21)29-10-11-33-14-15(29)2/h4-7,15H,3,8-14H2,1-2H3,(H,30,31)(H2,24,25,32). The minimum absolute atomic E-state index is 0.0116. The van der Waals surface area contributed by atoms with E-state index in [2.05, 4.69) is 22.5 Å². The molecule has 1 unspecified atom stereocenters. The number of rotatable bonds is 6. The second-order valence-corrected chi connectivity index (χ2v) is 8.33. The number of nitrogens with one attached hydrogen (secondary N) is 2. The first-order chi connectivity index (χ1) is 15.9. The zero-order chi connectivity index (χ0) is 23.4. The van der Waals surface area contributed by atoms with Crippen LogP contribution >= 0.6 is 0 Å². The molecule has 10 heteroatoms. The van der Waals surface area contributed by atoms with E-state index in [0.29, 0.717) is 50.8 Å². The lowest BCUT2D eigenvalue weighted by molar-refractivity contribution is -0.138. The Morgan fingerprint density at radius 3 is 2.70 bits per heavy atom. The fourth-order valence-electron chi connectivity index (χ4n) is 4.24. The highest BCUT2D eigenvalue weighted by Crippen LogP contribution is 2.31. The molecule has 1 aromatic carbocycles. The van der Waals surface area contributed by atoms with Gasteiger partial charge in [0.2, 0.25) is 0 Å². The monoisotopic (exact) mass is 454 g/mol. The smallest absolute Gasteiger partial charge is 0.319 e. The van der Waals surface area contributed by atoms with Crippen molar-refractivity contribution in [2.75, 3.05) is 49.6 Å². The molecule has 3 heterocycles. The maximum absolute atomic E-state index is 11.8. The summed E-state index contributed by atoms with van der Waals surface area (Å²) < 4.78 is 5.62. The zero-order valence-corrected chi connectivity index (χ0v) is 19.0. The number of morpholine rings is 1. The van der Waals surface area contributed by atoms with E-state index in [0.717, 1.165) is 29.2 Å². The topological polar surface area (TPSA) is 120 Å². The van der Waals surface area contributed by atoms with E-state index in [1.54, 1.807) is 0 Å². The van der Waals surface area contributed by atoms with E-state index in [-0.39, 0.29) is 18.6 Å². The Labute approximate surface area is 193 Å². The van der Waals surface area contributed by atoms with Gasteiger partial charge in [-0.2, -0.15) is 0 Å². The summed E-state index contributed by atoms with van der Waals surface area (Å²) in [5.74, 6) is 0.652. The number of fused-ring (bicyclic) bond motifs is 1. The van der Waals surface area contributed by atoms with Gasteiger partial charge in [-0.1, -0.05) is 0 Å². The average molecular weight is 455 g/mol. The van der Waals surface area contributed by atoms with Crippen LogP contribution in [0.2, 0.25) is 0 Å². The number of benzene rings is 1. The third kappa shape index (κ3) is 5.40. The molecule has 176 valence electrons. The highest BCUT2D eigenvalue weighted by atomic mass is 16.5. The number of carboxylic acid groups (broad SMARTS) is 1. The maximum Gasteiger partial charge on any atom is 0.319 e. The second kappa shape index (κ2) is 10.1. The van der Waals surface area contributed by atoms with Crippen molar-refractivity contribution in [1.29, 1.82) is 0 Å². The van der Waals surface area contributed by atoms with Crippen molar-refractivity contribution in [3.63, 3.8) is 0 Å². The summed E-state index contributed by atoms with van der Waals surface area (Å²) in [7, 11) is 0. The van der Waals surface area contributed by atoms with Crippen LogP contribution in [0.5, 0.6) is 0 Å². The Kier molecular flexibility index (Phi) is 7.05. The van der Waals surface area contributed by atoms with Gasteiger partial charge in [-0.25, -0.2) is 14.8 Å². The molecule has 1 fully saturated rings. The third-order valence-corrected chi connectivity index (χ3v) is 5.86. The number of amides is 2. The molecule has 1 saturated heterocycles. The fourth-order valence-corrected chi connectivity index (χ4v) is 4.24. The normalized spacial score (nSPS) is 18.5. The van der Waals surface area contributed by atoms with Crippen LogP contribution in [0, 0.1) is 0 Å². The Balaban J connectivity index is 1.67. The number of aromatic nitrogens is 2. The summed E-state index contributed by atoms with van der Waals surface area (Å²) in [4.78, 5) is 37.0. The first kappa shape index (κ1) is 22.9. The van der Waals surface area contributed by atoms with Gasteiger partial charge in [0.05, 0.1) is 31.5 Å². The van der Waals surface area contributed by atoms with E-state index >= 15 is 0 Å². The van der Waals surface area contributed by atoms with Gasteiger partial charge < -0.3 is 25.4 Å². The highest BCUT2D eigenvalue weighted by molar-refractivity contribution is 5.89. The molecule has 10 nitrogen and oxygen atoms in total. The van der Waals surface area contributed by atoms with E-state index in [1.165, 1.54) is 0 Å². The van der Waals surface area contributed by atoms with Crippen LogP contribution in [-0.4, -0.2) is 77.4 Å². The third-order valence-electron chi connectivity index (χ3n) is 5.86. The number of nitrogens with zero attached hydrogens (tertiary/aromatic N) is 4. The number of ether oxygens (including phenoxy) is 1. The molecule has 2 aliphatic rings. The Morgan fingerprint density at radius 1 is 1.21 bits per heavy atom. The predicted molar refractivity (Wildman–Crippen MR) is 124 cm³/mol. The number of hydrogen-bond donors (Lipinski definition) is 3. The van der Waals surface area contributed by atoms with Crippen molar-refractivity contribution in [1.82, 2.24) is 20.2 Å². The van der Waals surface area contributed by atoms with Crippen LogP contribution in [0.3, 0.4) is 0 Å². The first-order valence-corrected chi connectivity index (χ1v) is 11.3. The van der Waals surface area contributed by atoms with Crippen molar-refractivity contribution in [3.05, 3.63) is 35.5 Å². The van der Waals surface area contributed by atoms with Gasteiger partial charge in [0.15, 0.2) is 5.82 Å². The van der Waals surface area contributed by atoms with Crippen molar-refractivity contribution < 1.29 is 19.4 Å². The molecule has 0 bridgehead atoms. The van der Waals surface area contributed by atoms with Gasteiger partial charge in [-0.3, -0.25) is 9.69 Å². The first-order valence-electron chi connectivity index (χ1n) is 11.3. The highest BCUT2D eigenvalue weighted by Gasteiger charge is 2.29. The number of aliphatic carboxylic acids is 1. The Morgan fingerprint density at radius 2 is 2.00 bits per heavy atom. The predicted octanol–water partition coefficient (Wildman–Crippen LogP) is 1.95. The number of carbonyl (C=O) groups excluding carboxylic acids is 1. The molecule has 0 aliphatic carbocycles. The van der Waals surface area contributed by atoms with Gasteiger partial charge in [0, 0.05) is 43.0 Å². The summed E-state index contributed by atoms with van der Waals surface area (Å²) >= 11 is 0. The molecule has 2 aliphatic heterocycles.